The zero-order chi connectivity index (χ0) is 12.3. The molecule has 1 aliphatic rings. The van der Waals surface area contributed by atoms with E-state index in [4.69, 9.17) is 0 Å². The summed E-state index contributed by atoms with van der Waals surface area (Å²) >= 11 is 0. The maximum absolute atomic E-state index is 14.0. The molecule has 1 aliphatic heterocycles. The van der Waals surface area contributed by atoms with Gasteiger partial charge in [-0.25, -0.2) is 4.39 Å². The number of nitrogens with zero attached hydrogens (tertiary/aromatic N) is 1. The summed E-state index contributed by atoms with van der Waals surface area (Å²) in [6.07, 6.45) is 1.83. The highest BCUT2D eigenvalue weighted by molar-refractivity contribution is 5.28. The van der Waals surface area contributed by atoms with Crippen molar-refractivity contribution in [2.24, 2.45) is 0 Å². The van der Waals surface area contributed by atoms with Crippen LogP contribution in [0.1, 0.15) is 17.2 Å². The van der Waals surface area contributed by atoms with Crippen molar-refractivity contribution >= 4 is 0 Å². The van der Waals surface area contributed by atoms with Gasteiger partial charge in [0.25, 0.3) is 0 Å². The first-order valence-electron chi connectivity index (χ1n) is 6.06. The lowest BCUT2D eigenvalue weighted by atomic mass is 10.0. The minimum absolute atomic E-state index is 0.0160. The molecule has 1 heterocycles. The highest BCUT2D eigenvalue weighted by Gasteiger charge is 2.21. The molecule has 1 atom stereocenters. The van der Waals surface area contributed by atoms with Crippen LogP contribution in [0.2, 0.25) is 0 Å². The van der Waals surface area contributed by atoms with Crippen LogP contribution in [-0.2, 0) is 0 Å². The average molecular weight is 234 g/mol. The molecule has 2 rings (SSSR count). The third-order valence-electron chi connectivity index (χ3n) is 3.24. The van der Waals surface area contributed by atoms with Gasteiger partial charge < -0.3 is 5.32 Å². The van der Waals surface area contributed by atoms with E-state index in [1.807, 2.05) is 25.1 Å². The van der Waals surface area contributed by atoms with Gasteiger partial charge in [-0.15, -0.1) is 6.58 Å². The van der Waals surface area contributed by atoms with Crippen molar-refractivity contribution in [3.8, 4) is 0 Å². The van der Waals surface area contributed by atoms with Gasteiger partial charge in [0.1, 0.15) is 5.82 Å². The van der Waals surface area contributed by atoms with Gasteiger partial charge in [0.15, 0.2) is 0 Å². The summed E-state index contributed by atoms with van der Waals surface area (Å²) in [7, 11) is 0. The summed E-state index contributed by atoms with van der Waals surface area (Å²) in [5, 5.41) is 3.30. The summed E-state index contributed by atoms with van der Waals surface area (Å²) in [6.45, 7) is 9.53. The van der Waals surface area contributed by atoms with Gasteiger partial charge in [-0.3, -0.25) is 4.90 Å². The van der Waals surface area contributed by atoms with E-state index in [0.29, 0.717) is 0 Å². The maximum Gasteiger partial charge on any atom is 0.128 e. The summed E-state index contributed by atoms with van der Waals surface area (Å²) < 4.78 is 14.0. The zero-order valence-corrected chi connectivity index (χ0v) is 10.2. The topological polar surface area (TPSA) is 15.3 Å². The first-order chi connectivity index (χ1) is 8.22. The summed E-state index contributed by atoms with van der Waals surface area (Å²) in [5.74, 6) is -0.131. The van der Waals surface area contributed by atoms with Crippen molar-refractivity contribution in [2.45, 2.75) is 13.0 Å². The SMILES string of the molecule is C=C[C@@H](c1ccc(C)cc1F)N1CCNCC1. The Kier molecular flexibility index (Phi) is 3.92. The Morgan fingerprint density at radius 3 is 2.71 bits per heavy atom. The Bertz CT molecular complexity index is 397. The molecule has 1 N–H and O–H groups in total. The molecule has 0 saturated carbocycles. The van der Waals surface area contributed by atoms with E-state index in [1.54, 1.807) is 6.07 Å². The van der Waals surface area contributed by atoms with Crippen LogP contribution in [0, 0.1) is 12.7 Å². The molecule has 3 heteroatoms. The minimum Gasteiger partial charge on any atom is -0.314 e. The third-order valence-corrected chi connectivity index (χ3v) is 3.24. The van der Waals surface area contributed by atoms with Gasteiger partial charge in [0.2, 0.25) is 0 Å². The molecule has 2 nitrogen and oxygen atoms in total. The fourth-order valence-electron chi connectivity index (χ4n) is 2.31. The highest BCUT2D eigenvalue weighted by atomic mass is 19.1. The molecule has 1 aromatic carbocycles. The Morgan fingerprint density at radius 1 is 1.41 bits per heavy atom. The van der Waals surface area contributed by atoms with E-state index in [9.17, 15) is 4.39 Å². The van der Waals surface area contributed by atoms with Crippen molar-refractivity contribution in [2.75, 3.05) is 26.2 Å². The largest absolute Gasteiger partial charge is 0.314 e. The number of nitrogens with one attached hydrogen (secondary N) is 1. The molecule has 0 bridgehead atoms. The number of aryl methyl sites for hydroxylation is 1. The Hall–Kier alpha value is -1.19. The lowest BCUT2D eigenvalue weighted by Crippen LogP contribution is -2.44. The van der Waals surface area contributed by atoms with Crippen LogP contribution in [0.4, 0.5) is 4.39 Å². The number of hydrogen-bond acceptors (Lipinski definition) is 2. The first kappa shape index (κ1) is 12.3. The van der Waals surface area contributed by atoms with E-state index < -0.39 is 0 Å². The molecule has 17 heavy (non-hydrogen) atoms. The summed E-state index contributed by atoms with van der Waals surface area (Å²) in [5.41, 5.74) is 1.68. The molecule has 92 valence electrons. The summed E-state index contributed by atoms with van der Waals surface area (Å²) in [6, 6.07) is 5.40. The average Bonchev–Trinajstić information content (AvgIpc) is 2.34. The molecule has 1 fully saturated rings. The Balaban J connectivity index is 2.24. The van der Waals surface area contributed by atoms with Crippen molar-refractivity contribution in [3.63, 3.8) is 0 Å². The number of rotatable bonds is 3. The predicted octanol–water partition coefficient (Wildman–Crippen LogP) is 2.27. The zero-order valence-electron chi connectivity index (χ0n) is 10.2. The van der Waals surface area contributed by atoms with Gasteiger partial charge in [0.05, 0.1) is 6.04 Å². The summed E-state index contributed by atoms with van der Waals surface area (Å²) in [4.78, 5) is 2.26. The molecule has 1 saturated heterocycles. The highest BCUT2D eigenvalue weighted by Crippen LogP contribution is 2.25. The van der Waals surface area contributed by atoms with Crippen molar-refractivity contribution in [1.82, 2.24) is 10.2 Å². The van der Waals surface area contributed by atoms with Crippen LogP contribution in [0.3, 0.4) is 0 Å². The molecule has 1 aromatic rings. The molecule has 0 radical (unpaired) electrons. The molecular formula is C14H19FN2. The van der Waals surface area contributed by atoms with E-state index in [1.165, 1.54) is 0 Å². The number of benzene rings is 1. The number of piperazine rings is 1. The van der Waals surface area contributed by atoms with Crippen LogP contribution in [-0.4, -0.2) is 31.1 Å². The van der Waals surface area contributed by atoms with Gasteiger partial charge in [0, 0.05) is 31.7 Å². The lowest BCUT2D eigenvalue weighted by molar-refractivity contribution is 0.200. The smallest absolute Gasteiger partial charge is 0.128 e. The van der Waals surface area contributed by atoms with Gasteiger partial charge in [-0.1, -0.05) is 18.2 Å². The monoisotopic (exact) mass is 234 g/mol. The normalized spacial score (nSPS) is 18.9. The number of halogens is 1. The van der Waals surface area contributed by atoms with Crippen LogP contribution < -0.4 is 5.32 Å². The van der Waals surface area contributed by atoms with Crippen molar-refractivity contribution in [3.05, 3.63) is 47.8 Å². The van der Waals surface area contributed by atoms with Gasteiger partial charge >= 0.3 is 0 Å². The van der Waals surface area contributed by atoms with Crippen LogP contribution in [0.15, 0.2) is 30.9 Å². The van der Waals surface area contributed by atoms with E-state index in [-0.39, 0.29) is 11.9 Å². The second-order valence-corrected chi connectivity index (χ2v) is 4.49. The fourth-order valence-corrected chi connectivity index (χ4v) is 2.31. The third kappa shape index (κ3) is 2.73. The molecular weight excluding hydrogens is 215 g/mol. The Morgan fingerprint density at radius 2 is 2.12 bits per heavy atom. The molecule has 0 amide bonds. The quantitative estimate of drug-likeness (QED) is 0.807. The van der Waals surface area contributed by atoms with E-state index in [0.717, 1.165) is 37.3 Å². The molecule has 0 aliphatic carbocycles. The fraction of sp³-hybridized carbons (Fsp3) is 0.429. The molecule has 0 spiro atoms. The Labute approximate surface area is 102 Å². The van der Waals surface area contributed by atoms with E-state index in [2.05, 4.69) is 16.8 Å². The molecule has 0 aromatic heterocycles. The second kappa shape index (κ2) is 5.43. The van der Waals surface area contributed by atoms with Crippen LogP contribution in [0.5, 0.6) is 0 Å². The lowest BCUT2D eigenvalue weighted by Gasteiger charge is -2.33. The molecule has 0 unspecified atom stereocenters. The van der Waals surface area contributed by atoms with Gasteiger partial charge in [-0.05, 0) is 18.6 Å². The number of hydrogen-bond donors (Lipinski definition) is 1. The van der Waals surface area contributed by atoms with E-state index >= 15 is 0 Å². The standard InChI is InChI=1S/C14H19FN2/c1-3-14(17-8-6-16-7-9-17)12-5-4-11(2)10-13(12)15/h3-5,10,14,16H,1,6-9H2,2H3/t14-/m0/s1. The first-order valence-corrected chi connectivity index (χ1v) is 6.06. The van der Waals surface area contributed by atoms with Crippen LogP contribution in [0.25, 0.3) is 0 Å². The maximum atomic E-state index is 14.0. The van der Waals surface area contributed by atoms with Crippen LogP contribution >= 0.6 is 0 Å². The van der Waals surface area contributed by atoms with Crippen molar-refractivity contribution < 1.29 is 4.39 Å². The second-order valence-electron chi connectivity index (χ2n) is 4.49. The minimum atomic E-state index is -0.131. The van der Waals surface area contributed by atoms with Gasteiger partial charge in [-0.2, -0.15) is 0 Å². The van der Waals surface area contributed by atoms with Crippen molar-refractivity contribution in [1.29, 1.82) is 0 Å². The predicted molar refractivity (Wildman–Crippen MR) is 68.5 cm³/mol.